The Morgan fingerprint density at radius 2 is 2.19 bits per heavy atom. The summed E-state index contributed by atoms with van der Waals surface area (Å²) in [7, 11) is 0. The number of hydrogen-bond acceptors (Lipinski definition) is 3. The molecule has 2 atom stereocenters. The van der Waals surface area contributed by atoms with Gasteiger partial charge in [-0.25, -0.2) is 0 Å². The summed E-state index contributed by atoms with van der Waals surface area (Å²) in [5.74, 6) is -0.883. The van der Waals surface area contributed by atoms with Gasteiger partial charge in [-0.15, -0.1) is 11.8 Å². The van der Waals surface area contributed by atoms with E-state index in [4.69, 9.17) is 5.11 Å². The number of halogens is 1. The van der Waals surface area contributed by atoms with E-state index in [9.17, 15) is 9.59 Å². The number of carbonyl (C=O) groups excluding carboxylic acids is 1. The monoisotopic (exact) mass is 371 g/mol. The number of benzene rings is 1. The lowest BCUT2D eigenvalue weighted by molar-refractivity contribution is -0.146. The fourth-order valence-corrected chi connectivity index (χ4v) is 3.83. The van der Waals surface area contributed by atoms with Gasteiger partial charge < -0.3 is 10.0 Å². The average molecular weight is 372 g/mol. The Labute approximate surface area is 137 Å². The Morgan fingerprint density at radius 3 is 2.86 bits per heavy atom. The highest BCUT2D eigenvalue weighted by atomic mass is 79.9. The van der Waals surface area contributed by atoms with Crippen molar-refractivity contribution in [3.63, 3.8) is 0 Å². The lowest BCUT2D eigenvalue weighted by atomic mass is 9.93. The van der Waals surface area contributed by atoms with Gasteiger partial charge in [0.15, 0.2) is 0 Å². The van der Waals surface area contributed by atoms with Gasteiger partial charge >= 0.3 is 5.97 Å². The van der Waals surface area contributed by atoms with E-state index in [2.05, 4.69) is 15.9 Å². The predicted octanol–water partition coefficient (Wildman–Crippen LogP) is 3.25. The van der Waals surface area contributed by atoms with Crippen molar-refractivity contribution in [2.75, 3.05) is 12.3 Å². The third-order valence-electron chi connectivity index (χ3n) is 3.71. The first-order valence-electron chi connectivity index (χ1n) is 6.88. The minimum absolute atomic E-state index is 0.0124. The van der Waals surface area contributed by atoms with Gasteiger partial charge in [0.2, 0.25) is 5.91 Å². The predicted molar refractivity (Wildman–Crippen MR) is 86.4 cm³/mol. The maximum absolute atomic E-state index is 12.3. The molecule has 1 aromatic carbocycles. The molecule has 0 radical (unpaired) electrons. The van der Waals surface area contributed by atoms with E-state index in [1.807, 2.05) is 31.2 Å². The molecule has 2 unspecified atom stereocenters. The van der Waals surface area contributed by atoms with Crippen LogP contribution in [0.4, 0.5) is 0 Å². The first-order valence-corrected chi connectivity index (χ1v) is 8.66. The molecular weight excluding hydrogens is 354 g/mol. The normalized spacial score (nSPS) is 22.1. The van der Waals surface area contributed by atoms with Gasteiger partial charge in [0.1, 0.15) is 0 Å². The molecule has 1 heterocycles. The summed E-state index contributed by atoms with van der Waals surface area (Å²) in [4.78, 5) is 26.2. The number of rotatable bonds is 4. The van der Waals surface area contributed by atoms with Crippen molar-refractivity contribution >= 4 is 39.6 Å². The number of carbonyl (C=O) groups is 2. The molecule has 6 heteroatoms. The number of thioether (sulfide) groups is 1. The zero-order chi connectivity index (χ0) is 15.4. The van der Waals surface area contributed by atoms with Crippen molar-refractivity contribution in [3.8, 4) is 0 Å². The maximum atomic E-state index is 12.3. The highest BCUT2D eigenvalue weighted by Crippen LogP contribution is 2.26. The fraction of sp³-hybridized carbons (Fsp3) is 0.467. The quantitative estimate of drug-likeness (QED) is 0.825. The van der Waals surface area contributed by atoms with Crippen LogP contribution in [0.1, 0.15) is 19.8 Å². The molecule has 1 aromatic rings. The zero-order valence-corrected chi connectivity index (χ0v) is 14.2. The molecular formula is C15H18BrNO3S. The lowest BCUT2D eigenvalue weighted by Crippen LogP contribution is -2.48. The third-order valence-corrected chi connectivity index (χ3v) is 5.18. The SMILES string of the molecule is CC1CCC(C(=O)O)CN1C(=O)CSc1cccc(Br)c1. The molecule has 1 aliphatic rings. The van der Waals surface area contributed by atoms with Gasteiger partial charge in [0, 0.05) is 22.0 Å². The number of carboxylic acids is 1. The number of piperidine rings is 1. The average Bonchev–Trinajstić information content (AvgIpc) is 2.45. The van der Waals surface area contributed by atoms with Gasteiger partial charge in [0.05, 0.1) is 11.7 Å². The molecule has 2 rings (SSSR count). The Kier molecular flexibility index (Phi) is 5.70. The van der Waals surface area contributed by atoms with E-state index >= 15 is 0 Å². The van der Waals surface area contributed by atoms with E-state index in [0.717, 1.165) is 15.8 Å². The molecule has 4 nitrogen and oxygen atoms in total. The largest absolute Gasteiger partial charge is 0.481 e. The van der Waals surface area contributed by atoms with Crippen LogP contribution in [-0.4, -0.2) is 40.2 Å². The van der Waals surface area contributed by atoms with Crippen molar-refractivity contribution in [3.05, 3.63) is 28.7 Å². The standard InChI is InChI=1S/C15H18BrNO3S/c1-10-5-6-11(15(19)20)8-17(10)14(18)9-21-13-4-2-3-12(16)7-13/h2-4,7,10-11H,5-6,8-9H2,1H3,(H,19,20). The smallest absolute Gasteiger partial charge is 0.308 e. The third kappa shape index (κ3) is 4.48. The molecule has 0 saturated carbocycles. The Hall–Kier alpha value is -1.01. The summed E-state index contributed by atoms with van der Waals surface area (Å²) in [6, 6.07) is 7.92. The van der Waals surface area contributed by atoms with Crippen LogP contribution in [0.3, 0.4) is 0 Å². The van der Waals surface area contributed by atoms with Crippen molar-refractivity contribution in [1.82, 2.24) is 4.90 Å². The van der Waals surface area contributed by atoms with Crippen LogP contribution in [0.2, 0.25) is 0 Å². The van der Waals surface area contributed by atoms with Crippen LogP contribution < -0.4 is 0 Å². The molecule has 1 amide bonds. The van der Waals surface area contributed by atoms with E-state index in [1.54, 1.807) is 4.90 Å². The molecule has 0 aliphatic carbocycles. The fourth-order valence-electron chi connectivity index (χ4n) is 2.44. The molecule has 21 heavy (non-hydrogen) atoms. The van der Waals surface area contributed by atoms with Crippen molar-refractivity contribution in [1.29, 1.82) is 0 Å². The Balaban J connectivity index is 1.93. The van der Waals surface area contributed by atoms with Gasteiger partial charge in [-0.1, -0.05) is 22.0 Å². The van der Waals surface area contributed by atoms with Crippen LogP contribution >= 0.6 is 27.7 Å². The van der Waals surface area contributed by atoms with Gasteiger partial charge in [-0.05, 0) is 38.0 Å². The number of nitrogens with zero attached hydrogens (tertiary/aromatic N) is 1. The van der Waals surface area contributed by atoms with Gasteiger partial charge in [-0.3, -0.25) is 9.59 Å². The van der Waals surface area contributed by atoms with Crippen LogP contribution in [0.15, 0.2) is 33.6 Å². The molecule has 0 spiro atoms. The second kappa shape index (κ2) is 7.31. The zero-order valence-electron chi connectivity index (χ0n) is 11.8. The summed E-state index contributed by atoms with van der Waals surface area (Å²) in [6.45, 7) is 2.31. The van der Waals surface area contributed by atoms with Crippen molar-refractivity contribution < 1.29 is 14.7 Å². The number of hydrogen-bond donors (Lipinski definition) is 1. The van der Waals surface area contributed by atoms with E-state index in [-0.39, 0.29) is 11.9 Å². The van der Waals surface area contributed by atoms with E-state index in [0.29, 0.717) is 18.7 Å². The number of aliphatic carboxylic acids is 1. The Morgan fingerprint density at radius 1 is 1.43 bits per heavy atom. The molecule has 1 aliphatic heterocycles. The van der Waals surface area contributed by atoms with E-state index < -0.39 is 11.9 Å². The minimum atomic E-state index is -0.806. The van der Waals surface area contributed by atoms with Gasteiger partial charge in [0.25, 0.3) is 0 Å². The molecule has 1 fully saturated rings. The second-order valence-corrected chi connectivity index (χ2v) is 7.22. The number of carboxylic acid groups (broad SMARTS) is 1. The molecule has 0 bridgehead atoms. The summed E-state index contributed by atoms with van der Waals surface area (Å²) < 4.78 is 0.984. The first kappa shape index (κ1) is 16.4. The second-order valence-electron chi connectivity index (χ2n) is 5.25. The number of likely N-dealkylation sites (tertiary alicyclic amines) is 1. The van der Waals surface area contributed by atoms with Crippen LogP contribution in [-0.2, 0) is 9.59 Å². The Bertz CT molecular complexity index is 537. The highest BCUT2D eigenvalue weighted by Gasteiger charge is 2.32. The molecule has 1 N–H and O–H groups in total. The van der Waals surface area contributed by atoms with Gasteiger partial charge in [-0.2, -0.15) is 0 Å². The summed E-state index contributed by atoms with van der Waals surface area (Å²) in [6.07, 6.45) is 1.41. The molecule has 0 aromatic heterocycles. The van der Waals surface area contributed by atoms with Crippen LogP contribution in [0, 0.1) is 5.92 Å². The highest BCUT2D eigenvalue weighted by molar-refractivity contribution is 9.10. The van der Waals surface area contributed by atoms with E-state index in [1.165, 1.54) is 11.8 Å². The lowest BCUT2D eigenvalue weighted by Gasteiger charge is -2.36. The van der Waals surface area contributed by atoms with Crippen LogP contribution in [0.25, 0.3) is 0 Å². The van der Waals surface area contributed by atoms with Crippen molar-refractivity contribution in [2.24, 2.45) is 5.92 Å². The summed E-state index contributed by atoms with van der Waals surface area (Å²) in [5.41, 5.74) is 0. The number of amides is 1. The topological polar surface area (TPSA) is 57.6 Å². The first-order chi connectivity index (χ1) is 9.97. The molecule has 1 saturated heterocycles. The minimum Gasteiger partial charge on any atom is -0.481 e. The summed E-state index contributed by atoms with van der Waals surface area (Å²) >= 11 is 4.88. The summed E-state index contributed by atoms with van der Waals surface area (Å²) in [5, 5.41) is 9.11. The molecule has 114 valence electrons. The van der Waals surface area contributed by atoms with Crippen LogP contribution in [0.5, 0.6) is 0 Å². The maximum Gasteiger partial charge on any atom is 0.308 e. The van der Waals surface area contributed by atoms with Crippen molar-refractivity contribution in [2.45, 2.75) is 30.7 Å².